The average molecular weight is 212 g/mol. The zero-order valence-electron chi connectivity index (χ0n) is 8.35. The van der Waals surface area contributed by atoms with Crippen LogP contribution in [-0.4, -0.2) is 27.5 Å². The number of phenolic OH excluding ortho intramolecular Hbond substituents is 4. The van der Waals surface area contributed by atoms with Gasteiger partial charge in [0, 0.05) is 0 Å². The predicted molar refractivity (Wildman–Crippen MR) is 54.4 cm³/mol. The third-order valence-electron chi connectivity index (χ3n) is 1.93. The summed E-state index contributed by atoms with van der Waals surface area (Å²) in [6.45, 7) is 1.69. The van der Waals surface area contributed by atoms with Crippen LogP contribution in [0.25, 0.3) is 6.08 Å². The number of allylic oxidation sites excluding steroid dienone is 1. The molecule has 0 aliphatic carbocycles. The molecule has 0 aliphatic rings. The van der Waals surface area contributed by atoms with Crippen LogP contribution in [0.1, 0.15) is 12.5 Å². The maximum Gasteiger partial charge on any atom is 0.208 e. The van der Waals surface area contributed by atoms with Crippen LogP contribution in [-0.2, 0) is 0 Å². The molecule has 0 spiro atoms. The number of hydrogen-bond acceptors (Lipinski definition) is 5. The fraction of sp³-hybridized carbons (Fsp3) is 0.200. The van der Waals surface area contributed by atoms with E-state index in [4.69, 9.17) is 4.74 Å². The smallest absolute Gasteiger partial charge is 0.208 e. The first kappa shape index (κ1) is 11.0. The lowest BCUT2D eigenvalue weighted by molar-refractivity contribution is 0.320. The van der Waals surface area contributed by atoms with Crippen LogP contribution in [0.3, 0.4) is 0 Å². The van der Waals surface area contributed by atoms with Crippen molar-refractivity contribution in [3.05, 3.63) is 11.6 Å². The van der Waals surface area contributed by atoms with E-state index >= 15 is 0 Å². The second-order valence-corrected chi connectivity index (χ2v) is 2.84. The van der Waals surface area contributed by atoms with Crippen molar-refractivity contribution in [1.29, 1.82) is 0 Å². The predicted octanol–water partition coefficient (Wildman–Crippen LogP) is 1.55. The lowest BCUT2D eigenvalue weighted by Gasteiger charge is -2.12. The summed E-state index contributed by atoms with van der Waals surface area (Å²) in [5.41, 5.74) is 0.104. The molecule has 0 aromatic heterocycles. The van der Waals surface area contributed by atoms with Crippen LogP contribution in [0.2, 0.25) is 0 Å². The van der Waals surface area contributed by atoms with Gasteiger partial charge in [0.15, 0.2) is 11.5 Å². The molecule has 0 saturated heterocycles. The van der Waals surface area contributed by atoms with Gasteiger partial charge in [0.25, 0.3) is 0 Å². The zero-order valence-corrected chi connectivity index (χ0v) is 8.35. The monoisotopic (exact) mass is 212 g/mol. The number of aromatic hydroxyl groups is 4. The van der Waals surface area contributed by atoms with E-state index in [0.717, 1.165) is 0 Å². The molecule has 5 nitrogen and oxygen atoms in total. The number of ether oxygens (including phenoxy) is 1. The Morgan fingerprint density at radius 3 is 1.93 bits per heavy atom. The summed E-state index contributed by atoms with van der Waals surface area (Å²) >= 11 is 0. The zero-order chi connectivity index (χ0) is 11.6. The highest BCUT2D eigenvalue weighted by atomic mass is 16.5. The molecule has 0 aliphatic heterocycles. The van der Waals surface area contributed by atoms with E-state index in [9.17, 15) is 20.4 Å². The Morgan fingerprint density at radius 1 is 0.933 bits per heavy atom. The highest BCUT2D eigenvalue weighted by molar-refractivity contribution is 5.76. The quantitative estimate of drug-likeness (QED) is 0.441. The second kappa shape index (κ2) is 4.00. The Balaban J connectivity index is 3.62. The van der Waals surface area contributed by atoms with Gasteiger partial charge in [0.2, 0.25) is 17.2 Å². The third kappa shape index (κ3) is 1.63. The summed E-state index contributed by atoms with van der Waals surface area (Å²) < 4.78 is 4.81. The van der Waals surface area contributed by atoms with E-state index in [1.807, 2.05) is 0 Å². The van der Waals surface area contributed by atoms with Gasteiger partial charge in [-0.2, -0.15) is 0 Å². The third-order valence-corrected chi connectivity index (χ3v) is 1.93. The van der Waals surface area contributed by atoms with Crippen molar-refractivity contribution in [1.82, 2.24) is 0 Å². The van der Waals surface area contributed by atoms with Crippen LogP contribution >= 0.6 is 0 Å². The molecular formula is C10H12O5. The summed E-state index contributed by atoms with van der Waals surface area (Å²) in [5.74, 6) is -2.83. The highest BCUT2D eigenvalue weighted by Crippen LogP contribution is 2.51. The Bertz CT molecular complexity index is 409. The van der Waals surface area contributed by atoms with Crippen LogP contribution in [0.15, 0.2) is 6.08 Å². The van der Waals surface area contributed by atoms with Gasteiger partial charge in [-0.05, 0) is 6.92 Å². The Kier molecular flexibility index (Phi) is 2.94. The first-order chi connectivity index (χ1) is 7.04. The van der Waals surface area contributed by atoms with E-state index in [0.29, 0.717) is 0 Å². The minimum atomic E-state index is -0.808. The van der Waals surface area contributed by atoms with Gasteiger partial charge in [-0.25, -0.2) is 0 Å². The number of hydrogen-bond donors (Lipinski definition) is 4. The van der Waals surface area contributed by atoms with Crippen molar-refractivity contribution >= 4 is 6.08 Å². The van der Waals surface area contributed by atoms with Crippen molar-refractivity contribution in [3.63, 3.8) is 0 Å². The van der Waals surface area contributed by atoms with Crippen LogP contribution in [0.5, 0.6) is 28.7 Å². The molecule has 1 rings (SSSR count). The molecular weight excluding hydrogens is 200 g/mol. The van der Waals surface area contributed by atoms with Crippen molar-refractivity contribution < 1.29 is 25.2 Å². The van der Waals surface area contributed by atoms with E-state index in [2.05, 4.69) is 0 Å². The maximum atomic E-state index is 9.49. The standard InChI is InChI=1S/C10H12O5/c1-3-4-5-6(11)7(12)8(13)9(14)10(5)15-2/h3-4,11-14H,1-2H3. The summed E-state index contributed by atoms with van der Waals surface area (Å²) in [6, 6.07) is 0. The largest absolute Gasteiger partial charge is 0.504 e. The number of methoxy groups -OCH3 is 1. The minimum absolute atomic E-state index is 0.0964. The average Bonchev–Trinajstić information content (AvgIpc) is 2.24. The lowest BCUT2D eigenvalue weighted by Crippen LogP contribution is -1.89. The Hall–Kier alpha value is -2.04. The van der Waals surface area contributed by atoms with E-state index in [1.165, 1.54) is 13.2 Å². The summed E-state index contributed by atoms with van der Waals surface area (Å²) in [4.78, 5) is 0. The molecule has 82 valence electrons. The van der Waals surface area contributed by atoms with Crippen molar-refractivity contribution in [2.45, 2.75) is 6.92 Å². The summed E-state index contributed by atoms with van der Waals surface area (Å²) in [6.07, 6.45) is 3.03. The molecule has 0 radical (unpaired) electrons. The topological polar surface area (TPSA) is 90.2 Å². The molecule has 0 saturated carbocycles. The van der Waals surface area contributed by atoms with Crippen molar-refractivity contribution in [2.24, 2.45) is 0 Å². The molecule has 5 heteroatoms. The maximum absolute atomic E-state index is 9.49. The molecule has 15 heavy (non-hydrogen) atoms. The molecule has 0 amide bonds. The van der Waals surface area contributed by atoms with Gasteiger partial charge in [-0.3, -0.25) is 0 Å². The van der Waals surface area contributed by atoms with Gasteiger partial charge >= 0.3 is 0 Å². The summed E-state index contributed by atoms with van der Waals surface area (Å²) in [5, 5.41) is 37.4. The van der Waals surface area contributed by atoms with Crippen LogP contribution in [0.4, 0.5) is 0 Å². The second-order valence-electron chi connectivity index (χ2n) is 2.84. The lowest BCUT2D eigenvalue weighted by atomic mass is 10.1. The SMILES string of the molecule is CC=Cc1c(O)c(O)c(O)c(O)c1OC. The summed E-state index contributed by atoms with van der Waals surface area (Å²) in [7, 11) is 1.28. The Labute approximate surface area is 86.5 Å². The van der Waals surface area contributed by atoms with Gasteiger partial charge in [-0.1, -0.05) is 12.2 Å². The number of benzene rings is 1. The van der Waals surface area contributed by atoms with Gasteiger partial charge in [0.1, 0.15) is 0 Å². The highest BCUT2D eigenvalue weighted by Gasteiger charge is 2.22. The molecule has 0 fully saturated rings. The van der Waals surface area contributed by atoms with E-state index in [1.54, 1.807) is 13.0 Å². The molecule has 0 atom stereocenters. The van der Waals surface area contributed by atoms with E-state index in [-0.39, 0.29) is 11.3 Å². The van der Waals surface area contributed by atoms with Gasteiger partial charge < -0.3 is 25.2 Å². The van der Waals surface area contributed by atoms with Crippen LogP contribution in [0, 0.1) is 0 Å². The molecule has 0 bridgehead atoms. The first-order valence-corrected chi connectivity index (χ1v) is 4.21. The number of rotatable bonds is 2. The normalized spacial score (nSPS) is 10.8. The van der Waals surface area contributed by atoms with Crippen molar-refractivity contribution in [2.75, 3.05) is 7.11 Å². The van der Waals surface area contributed by atoms with Gasteiger partial charge in [-0.15, -0.1) is 0 Å². The molecule has 0 heterocycles. The van der Waals surface area contributed by atoms with Gasteiger partial charge in [0.05, 0.1) is 12.7 Å². The number of phenols is 4. The molecule has 1 aromatic rings. The molecule has 4 N–H and O–H groups in total. The fourth-order valence-corrected chi connectivity index (χ4v) is 1.22. The fourth-order valence-electron chi connectivity index (χ4n) is 1.22. The van der Waals surface area contributed by atoms with Crippen molar-refractivity contribution in [3.8, 4) is 28.7 Å². The molecule has 0 unspecified atom stereocenters. The van der Waals surface area contributed by atoms with E-state index < -0.39 is 23.0 Å². The Morgan fingerprint density at radius 2 is 1.47 bits per heavy atom. The first-order valence-electron chi connectivity index (χ1n) is 4.21. The van der Waals surface area contributed by atoms with Crippen LogP contribution < -0.4 is 4.74 Å². The minimum Gasteiger partial charge on any atom is -0.504 e. The molecule has 1 aromatic carbocycles.